The summed E-state index contributed by atoms with van der Waals surface area (Å²) in [5.74, 6) is -0.156. The molecule has 1 amide bonds. The maximum atomic E-state index is 12.8. The smallest absolute Gasteiger partial charge is 0.264 e. The van der Waals surface area contributed by atoms with Gasteiger partial charge in [-0.3, -0.25) is 14.2 Å². The second-order valence-electron chi connectivity index (χ2n) is 7.61. The first-order valence-electron chi connectivity index (χ1n) is 10.1. The molecule has 4 aromatic rings. The second kappa shape index (κ2) is 9.35. The number of aromatic nitrogens is 4. The molecule has 8 nitrogen and oxygen atoms in total. The monoisotopic (exact) mass is 494 g/mol. The number of fused-ring (bicyclic) bond motifs is 1. The summed E-state index contributed by atoms with van der Waals surface area (Å²) >= 11 is 3.41. The first-order chi connectivity index (χ1) is 15.4. The molecule has 0 atom stereocenters. The molecule has 0 radical (unpaired) electrons. The van der Waals surface area contributed by atoms with Gasteiger partial charge in [-0.1, -0.05) is 28.1 Å². The van der Waals surface area contributed by atoms with Gasteiger partial charge in [-0.2, -0.15) is 5.10 Å². The van der Waals surface area contributed by atoms with Crippen molar-refractivity contribution in [2.75, 3.05) is 25.5 Å². The second-order valence-corrected chi connectivity index (χ2v) is 8.52. The minimum Gasteiger partial charge on any atom is -0.378 e. The molecule has 2 heterocycles. The fourth-order valence-corrected chi connectivity index (χ4v) is 3.61. The molecule has 0 bridgehead atoms. The molecule has 0 saturated carbocycles. The van der Waals surface area contributed by atoms with Crippen LogP contribution in [0.4, 0.5) is 5.69 Å². The first kappa shape index (κ1) is 21.8. The summed E-state index contributed by atoms with van der Waals surface area (Å²) in [6.07, 6.45) is 3.07. The predicted molar refractivity (Wildman–Crippen MR) is 128 cm³/mol. The molecule has 164 valence electrons. The summed E-state index contributed by atoms with van der Waals surface area (Å²) in [7, 11) is 3.90. The number of nitrogens with one attached hydrogen (secondary N) is 1. The highest BCUT2D eigenvalue weighted by molar-refractivity contribution is 9.10. The quantitative estimate of drug-likeness (QED) is 0.426. The van der Waals surface area contributed by atoms with Gasteiger partial charge in [0.2, 0.25) is 0 Å². The van der Waals surface area contributed by atoms with Crippen LogP contribution in [0.3, 0.4) is 0 Å². The Morgan fingerprint density at radius 3 is 2.50 bits per heavy atom. The molecule has 0 saturated heterocycles. The van der Waals surface area contributed by atoms with E-state index in [1.807, 2.05) is 55.4 Å². The molecule has 1 N–H and O–H groups in total. The zero-order valence-electron chi connectivity index (χ0n) is 17.8. The molecule has 0 aliphatic carbocycles. The average molecular weight is 495 g/mol. The number of amides is 1. The van der Waals surface area contributed by atoms with Gasteiger partial charge in [0.1, 0.15) is 11.7 Å². The van der Waals surface area contributed by atoms with Crippen molar-refractivity contribution < 1.29 is 4.79 Å². The van der Waals surface area contributed by atoms with Crippen LogP contribution in [0.15, 0.2) is 70.3 Å². The highest BCUT2D eigenvalue weighted by Crippen LogP contribution is 2.13. The predicted octanol–water partition coefficient (Wildman–Crippen LogP) is 2.90. The lowest BCUT2D eigenvalue weighted by atomic mass is 10.2. The lowest BCUT2D eigenvalue weighted by Crippen LogP contribution is -2.28. The van der Waals surface area contributed by atoms with E-state index in [-0.39, 0.29) is 11.5 Å². The van der Waals surface area contributed by atoms with Crippen LogP contribution < -0.4 is 15.8 Å². The summed E-state index contributed by atoms with van der Waals surface area (Å²) in [6, 6.07) is 15.2. The van der Waals surface area contributed by atoms with Gasteiger partial charge < -0.3 is 10.2 Å². The zero-order valence-corrected chi connectivity index (χ0v) is 19.4. The molecule has 0 spiro atoms. The summed E-state index contributed by atoms with van der Waals surface area (Å²) < 4.78 is 4.19. The summed E-state index contributed by atoms with van der Waals surface area (Å²) in [5.41, 5.74) is 2.99. The summed E-state index contributed by atoms with van der Waals surface area (Å²) in [6.45, 7) is 1.21. The summed E-state index contributed by atoms with van der Waals surface area (Å²) in [4.78, 5) is 31.6. The number of hydrogen-bond acceptors (Lipinski definition) is 5. The number of benzene rings is 2. The van der Waals surface area contributed by atoms with Crippen LogP contribution in [0.5, 0.6) is 0 Å². The van der Waals surface area contributed by atoms with Crippen LogP contribution in [0.1, 0.15) is 15.9 Å². The molecule has 0 fully saturated rings. The van der Waals surface area contributed by atoms with Crippen molar-refractivity contribution in [2.24, 2.45) is 0 Å². The van der Waals surface area contributed by atoms with Crippen molar-refractivity contribution in [3.63, 3.8) is 0 Å². The molecule has 4 rings (SSSR count). The minimum atomic E-state index is -0.156. The minimum absolute atomic E-state index is 0.144. The Hall–Kier alpha value is -3.46. The van der Waals surface area contributed by atoms with Crippen molar-refractivity contribution in [1.82, 2.24) is 24.6 Å². The third-order valence-corrected chi connectivity index (χ3v) is 5.67. The molecule has 32 heavy (non-hydrogen) atoms. The zero-order chi connectivity index (χ0) is 22.7. The number of nitrogens with zero attached hydrogens (tertiary/aromatic N) is 5. The van der Waals surface area contributed by atoms with Crippen LogP contribution in [0, 0.1) is 0 Å². The van der Waals surface area contributed by atoms with Crippen LogP contribution >= 0.6 is 15.9 Å². The van der Waals surface area contributed by atoms with E-state index in [9.17, 15) is 9.59 Å². The molecule has 2 aromatic carbocycles. The Balaban J connectivity index is 1.41. The van der Waals surface area contributed by atoms with E-state index in [4.69, 9.17) is 0 Å². The van der Waals surface area contributed by atoms with Crippen molar-refractivity contribution >= 4 is 38.6 Å². The highest BCUT2D eigenvalue weighted by atomic mass is 79.9. The van der Waals surface area contributed by atoms with Crippen LogP contribution in [0.2, 0.25) is 0 Å². The van der Waals surface area contributed by atoms with E-state index < -0.39 is 0 Å². The molecule has 0 aliphatic heterocycles. The molecule has 2 aromatic heterocycles. The topological polar surface area (TPSA) is 85.0 Å². The lowest BCUT2D eigenvalue weighted by Gasteiger charge is -2.12. The highest BCUT2D eigenvalue weighted by Gasteiger charge is 2.11. The van der Waals surface area contributed by atoms with E-state index in [1.54, 1.807) is 21.4 Å². The Kier molecular flexibility index (Phi) is 6.36. The average Bonchev–Trinajstić information content (AvgIpc) is 3.21. The molecular formula is C23H23BrN6O2. The Morgan fingerprint density at radius 1 is 1.09 bits per heavy atom. The molecule has 9 heteroatoms. The van der Waals surface area contributed by atoms with Crippen molar-refractivity contribution in [1.29, 1.82) is 0 Å². The Labute approximate surface area is 193 Å². The van der Waals surface area contributed by atoms with Gasteiger partial charge in [-0.25, -0.2) is 9.67 Å². The number of carbonyl (C=O) groups excluding carboxylic acids is 1. The maximum Gasteiger partial charge on any atom is 0.264 e. The molecule has 0 aliphatic rings. The van der Waals surface area contributed by atoms with Crippen molar-refractivity contribution in [3.05, 3.63) is 87.0 Å². The van der Waals surface area contributed by atoms with Gasteiger partial charge in [-0.05, 0) is 42.0 Å². The fourth-order valence-electron chi connectivity index (χ4n) is 3.35. The Morgan fingerprint density at radius 2 is 1.81 bits per heavy atom. The largest absolute Gasteiger partial charge is 0.378 e. The van der Waals surface area contributed by atoms with E-state index in [0.717, 1.165) is 15.7 Å². The standard InChI is InChI=1S/C23H23BrN6O2/c1-28(2)19-9-5-17(6-10-19)22(31)25-11-12-30-21-20(13-27-30)23(32)29(15-26-21)14-16-3-7-18(24)8-4-16/h3-10,13,15H,11-12,14H2,1-2H3,(H,25,31). The Bertz CT molecular complexity index is 1290. The van der Waals surface area contributed by atoms with Crippen LogP contribution in [-0.2, 0) is 13.1 Å². The number of halogens is 1. The van der Waals surface area contributed by atoms with Gasteiger partial charge in [0, 0.05) is 36.4 Å². The van der Waals surface area contributed by atoms with E-state index in [0.29, 0.717) is 36.2 Å². The molecule has 0 unspecified atom stereocenters. The third-order valence-electron chi connectivity index (χ3n) is 5.14. The van der Waals surface area contributed by atoms with Crippen molar-refractivity contribution in [3.8, 4) is 0 Å². The van der Waals surface area contributed by atoms with Gasteiger partial charge in [0.15, 0.2) is 5.65 Å². The normalized spacial score (nSPS) is 11.0. The fraction of sp³-hybridized carbons (Fsp3) is 0.217. The number of carbonyl (C=O) groups is 1. The van der Waals surface area contributed by atoms with Crippen LogP contribution in [0.25, 0.3) is 11.0 Å². The van der Waals surface area contributed by atoms with E-state index in [2.05, 4.69) is 31.3 Å². The number of rotatable bonds is 7. The van der Waals surface area contributed by atoms with E-state index in [1.165, 1.54) is 12.5 Å². The van der Waals surface area contributed by atoms with Gasteiger partial charge in [-0.15, -0.1) is 0 Å². The SMILES string of the molecule is CN(C)c1ccc(C(=O)NCCn2ncc3c(=O)n(Cc4ccc(Br)cc4)cnc32)cc1. The maximum absolute atomic E-state index is 12.8. The lowest BCUT2D eigenvalue weighted by molar-refractivity contribution is 0.0952. The number of anilines is 1. The van der Waals surface area contributed by atoms with Gasteiger partial charge in [0.25, 0.3) is 11.5 Å². The van der Waals surface area contributed by atoms with E-state index >= 15 is 0 Å². The van der Waals surface area contributed by atoms with Crippen LogP contribution in [-0.4, -0.2) is 45.9 Å². The van der Waals surface area contributed by atoms with Crippen molar-refractivity contribution in [2.45, 2.75) is 13.1 Å². The first-order valence-corrected chi connectivity index (χ1v) is 10.9. The third kappa shape index (κ3) is 4.72. The summed E-state index contributed by atoms with van der Waals surface area (Å²) in [5, 5.41) is 7.63. The molecular weight excluding hydrogens is 472 g/mol. The van der Waals surface area contributed by atoms with Gasteiger partial charge >= 0.3 is 0 Å². The van der Waals surface area contributed by atoms with Gasteiger partial charge in [0.05, 0.1) is 19.3 Å². The number of hydrogen-bond donors (Lipinski definition) is 1.